The van der Waals surface area contributed by atoms with Gasteiger partial charge >= 0.3 is 0 Å². The highest BCUT2D eigenvalue weighted by Crippen LogP contribution is 2.22. The molecule has 1 saturated heterocycles. The van der Waals surface area contributed by atoms with Gasteiger partial charge in [-0.15, -0.1) is 0 Å². The van der Waals surface area contributed by atoms with Crippen molar-refractivity contribution in [1.29, 1.82) is 0 Å². The predicted octanol–water partition coefficient (Wildman–Crippen LogP) is 1.93. The lowest BCUT2D eigenvalue weighted by Crippen LogP contribution is -2.56. The Kier molecular flexibility index (Phi) is 9.31. The maximum absolute atomic E-state index is 14.0. The standard InChI is InChI=1S/C30H32F2N4O5/c1-17-20(9-5-12-26(17)37)28(39)35-24(13-18-7-3-2-4-8-18)27(38)30(41)36-16-19(33)14-25(36)29(40)34-15-21-22(31)10-6-11-23(21)32/h2-12,19,24-25,27,37-38H,13-16,33H2,1H3,(H,34,40)(H,35,39). The quantitative estimate of drug-likeness (QED) is 0.268. The number of aliphatic hydroxyl groups excluding tert-OH is 1. The average Bonchev–Trinajstić information content (AvgIpc) is 3.35. The summed E-state index contributed by atoms with van der Waals surface area (Å²) in [5.74, 6) is -3.84. The van der Waals surface area contributed by atoms with Crippen LogP contribution in [0.25, 0.3) is 0 Å². The van der Waals surface area contributed by atoms with E-state index in [2.05, 4.69) is 10.6 Å². The fourth-order valence-electron chi connectivity index (χ4n) is 4.92. The minimum Gasteiger partial charge on any atom is -0.508 e. The molecule has 0 saturated carbocycles. The van der Waals surface area contributed by atoms with Gasteiger partial charge in [-0.05, 0) is 49.6 Å². The summed E-state index contributed by atoms with van der Waals surface area (Å²) < 4.78 is 28.1. The molecular weight excluding hydrogens is 534 g/mol. The van der Waals surface area contributed by atoms with Crippen molar-refractivity contribution in [1.82, 2.24) is 15.5 Å². The molecule has 1 aliphatic heterocycles. The highest BCUT2D eigenvalue weighted by atomic mass is 19.1. The van der Waals surface area contributed by atoms with E-state index in [0.717, 1.165) is 22.6 Å². The number of aromatic hydroxyl groups is 1. The van der Waals surface area contributed by atoms with Crippen molar-refractivity contribution in [2.24, 2.45) is 5.73 Å². The minimum absolute atomic E-state index is 0.0420. The van der Waals surface area contributed by atoms with Gasteiger partial charge in [0, 0.05) is 35.8 Å². The van der Waals surface area contributed by atoms with Crippen molar-refractivity contribution < 1.29 is 33.4 Å². The van der Waals surface area contributed by atoms with Crippen LogP contribution >= 0.6 is 0 Å². The Labute approximate surface area is 236 Å². The predicted molar refractivity (Wildman–Crippen MR) is 147 cm³/mol. The first-order chi connectivity index (χ1) is 19.6. The van der Waals surface area contributed by atoms with Gasteiger partial charge in [0.1, 0.15) is 23.4 Å². The summed E-state index contributed by atoms with van der Waals surface area (Å²) in [4.78, 5) is 40.9. The topological polar surface area (TPSA) is 145 Å². The van der Waals surface area contributed by atoms with E-state index in [1.54, 1.807) is 37.3 Å². The Morgan fingerprint density at radius 2 is 1.68 bits per heavy atom. The first kappa shape index (κ1) is 29.6. The SMILES string of the molecule is Cc1c(O)cccc1C(=O)NC(Cc1ccccc1)C(O)C(=O)N1CC(N)CC1C(=O)NCc1c(F)cccc1F. The fourth-order valence-corrected chi connectivity index (χ4v) is 4.92. The molecule has 4 atom stereocenters. The lowest BCUT2D eigenvalue weighted by molar-refractivity contribution is -0.146. The number of amides is 3. The molecular formula is C30H32F2N4O5. The molecule has 1 heterocycles. The molecule has 0 radical (unpaired) electrons. The number of likely N-dealkylation sites (tertiary alicyclic amines) is 1. The Morgan fingerprint density at radius 3 is 2.37 bits per heavy atom. The second kappa shape index (κ2) is 12.9. The summed E-state index contributed by atoms with van der Waals surface area (Å²) in [7, 11) is 0. The Balaban J connectivity index is 1.53. The zero-order valence-corrected chi connectivity index (χ0v) is 22.4. The van der Waals surface area contributed by atoms with E-state index in [1.165, 1.54) is 24.3 Å². The monoisotopic (exact) mass is 566 g/mol. The van der Waals surface area contributed by atoms with Crippen molar-refractivity contribution >= 4 is 17.7 Å². The van der Waals surface area contributed by atoms with Crippen molar-refractivity contribution in [3.63, 3.8) is 0 Å². The van der Waals surface area contributed by atoms with Crippen LogP contribution < -0.4 is 16.4 Å². The summed E-state index contributed by atoms with van der Waals surface area (Å²) in [6.07, 6.45) is -1.61. The molecule has 11 heteroatoms. The smallest absolute Gasteiger partial charge is 0.254 e. The maximum Gasteiger partial charge on any atom is 0.254 e. The lowest BCUT2D eigenvalue weighted by atomic mass is 9.98. The third-order valence-corrected chi connectivity index (χ3v) is 7.22. The molecule has 1 fully saturated rings. The number of benzene rings is 3. The number of nitrogens with two attached hydrogens (primary N) is 1. The number of nitrogens with one attached hydrogen (secondary N) is 2. The van der Waals surface area contributed by atoms with Crippen molar-refractivity contribution in [3.8, 4) is 5.75 Å². The fraction of sp³-hybridized carbons (Fsp3) is 0.300. The van der Waals surface area contributed by atoms with Gasteiger partial charge in [-0.1, -0.05) is 42.5 Å². The maximum atomic E-state index is 14.0. The Hall–Kier alpha value is -4.35. The van der Waals surface area contributed by atoms with Crippen LogP contribution in [0.1, 0.15) is 33.5 Å². The lowest BCUT2D eigenvalue weighted by Gasteiger charge is -2.30. The van der Waals surface area contributed by atoms with Gasteiger partial charge in [0.05, 0.1) is 6.04 Å². The van der Waals surface area contributed by atoms with Crippen LogP contribution in [-0.4, -0.2) is 63.6 Å². The zero-order valence-electron chi connectivity index (χ0n) is 22.4. The third kappa shape index (κ3) is 6.87. The van der Waals surface area contributed by atoms with E-state index in [9.17, 15) is 33.4 Å². The van der Waals surface area contributed by atoms with Gasteiger partial charge in [0.15, 0.2) is 6.10 Å². The number of hydrogen-bond donors (Lipinski definition) is 5. The van der Waals surface area contributed by atoms with E-state index >= 15 is 0 Å². The largest absolute Gasteiger partial charge is 0.508 e. The van der Waals surface area contributed by atoms with Gasteiger partial charge in [0.25, 0.3) is 11.8 Å². The van der Waals surface area contributed by atoms with Gasteiger partial charge in [0.2, 0.25) is 5.91 Å². The number of hydrogen-bond acceptors (Lipinski definition) is 6. The van der Waals surface area contributed by atoms with E-state index in [-0.39, 0.29) is 36.3 Å². The number of carbonyl (C=O) groups excluding carboxylic acids is 3. The second-order valence-corrected chi connectivity index (χ2v) is 10.1. The molecule has 3 amide bonds. The first-order valence-electron chi connectivity index (χ1n) is 13.1. The molecule has 0 aliphatic carbocycles. The van der Waals surface area contributed by atoms with Gasteiger partial charge in [-0.25, -0.2) is 8.78 Å². The highest BCUT2D eigenvalue weighted by Gasteiger charge is 2.42. The number of phenolic OH excluding ortho intramolecular Hbond substituents is 1. The second-order valence-electron chi connectivity index (χ2n) is 10.1. The number of phenols is 1. The zero-order chi connectivity index (χ0) is 29.7. The molecule has 0 aromatic heterocycles. The summed E-state index contributed by atoms with van der Waals surface area (Å²) in [6, 6.07) is 13.9. The highest BCUT2D eigenvalue weighted by molar-refractivity contribution is 5.97. The van der Waals surface area contributed by atoms with E-state index in [4.69, 9.17) is 5.73 Å². The summed E-state index contributed by atoms with van der Waals surface area (Å²) in [6.45, 7) is 1.09. The summed E-state index contributed by atoms with van der Waals surface area (Å²) >= 11 is 0. The molecule has 3 aromatic rings. The van der Waals surface area contributed by atoms with Crippen LogP contribution in [0.2, 0.25) is 0 Å². The van der Waals surface area contributed by atoms with E-state index in [1.807, 2.05) is 0 Å². The van der Waals surface area contributed by atoms with E-state index < -0.39 is 60.1 Å². The van der Waals surface area contributed by atoms with Crippen molar-refractivity contribution in [2.45, 2.75) is 50.5 Å². The summed E-state index contributed by atoms with van der Waals surface area (Å²) in [5.41, 5.74) is 6.97. The Morgan fingerprint density at radius 1 is 1.02 bits per heavy atom. The molecule has 0 bridgehead atoms. The molecule has 41 heavy (non-hydrogen) atoms. The van der Waals surface area contributed by atoms with Crippen LogP contribution in [0.15, 0.2) is 66.7 Å². The Bertz CT molecular complexity index is 1400. The molecule has 3 aromatic carbocycles. The molecule has 216 valence electrons. The molecule has 4 unspecified atom stereocenters. The average molecular weight is 567 g/mol. The van der Waals surface area contributed by atoms with Crippen LogP contribution in [0.5, 0.6) is 5.75 Å². The van der Waals surface area contributed by atoms with Gasteiger partial charge in [-0.3, -0.25) is 14.4 Å². The molecule has 1 aliphatic rings. The van der Waals surface area contributed by atoms with Crippen LogP contribution in [-0.2, 0) is 22.6 Å². The normalized spacial score (nSPS) is 18.0. The minimum atomic E-state index is -1.76. The number of rotatable bonds is 9. The number of nitrogens with zero attached hydrogens (tertiary/aromatic N) is 1. The van der Waals surface area contributed by atoms with Crippen LogP contribution in [0, 0.1) is 18.6 Å². The van der Waals surface area contributed by atoms with Crippen LogP contribution in [0.4, 0.5) is 8.78 Å². The van der Waals surface area contributed by atoms with Crippen LogP contribution in [0.3, 0.4) is 0 Å². The van der Waals surface area contributed by atoms with Crippen molar-refractivity contribution in [3.05, 3.63) is 101 Å². The number of carbonyl (C=O) groups is 3. The van der Waals surface area contributed by atoms with Crippen molar-refractivity contribution in [2.75, 3.05) is 6.54 Å². The number of halogens is 2. The van der Waals surface area contributed by atoms with Gasteiger partial charge in [-0.2, -0.15) is 0 Å². The molecule has 6 N–H and O–H groups in total. The van der Waals surface area contributed by atoms with Gasteiger partial charge < -0.3 is 31.5 Å². The molecule has 9 nitrogen and oxygen atoms in total. The first-order valence-corrected chi connectivity index (χ1v) is 13.1. The van der Waals surface area contributed by atoms with E-state index in [0.29, 0.717) is 5.56 Å². The molecule has 4 rings (SSSR count). The number of aliphatic hydroxyl groups is 1. The molecule has 0 spiro atoms. The third-order valence-electron chi connectivity index (χ3n) is 7.22. The summed E-state index contributed by atoms with van der Waals surface area (Å²) in [5, 5.41) is 26.5.